The Morgan fingerprint density at radius 2 is 1.82 bits per heavy atom. The lowest BCUT2D eigenvalue weighted by molar-refractivity contribution is 0.0548. The molecule has 6 nitrogen and oxygen atoms in total. The minimum atomic E-state index is -0.596. The molecule has 2 aromatic rings. The first-order valence-electron chi connectivity index (χ1n) is 9.08. The number of hydrogen-bond acceptors (Lipinski definition) is 4. The zero-order valence-corrected chi connectivity index (χ0v) is 15.8. The van der Waals surface area contributed by atoms with E-state index in [1.165, 1.54) is 7.11 Å². The molecule has 7 heteroatoms. The summed E-state index contributed by atoms with van der Waals surface area (Å²) in [6.45, 7) is 1.73. The van der Waals surface area contributed by atoms with Crippen LogP contribution >= 0.6 is 0 Å². The van der Waals surface area contributed by atoms with Crippen molar-refractivity contribution in [1.29, 1.82) is 0 Å². The van der Waals surface area contributed by atoms with Crippen LogP contribution in [0.1, 0.15) is 21.5 Å². The zero-order chi connectivity index (χ0) is 19.9. The molecule has 0 radical (unpaired) electrons. The van der Waals surface area contributed by atoms with Crippen molar-refractivity contribution in [2.24, 2.45) is 0 Å². The summed E-state index contributed by atoms with van der Waals surface area (Å²) in [7, 11) is 1.33. The first-order valence-corrected chi connectivity index (χ1v) is 9.08. The van der Waals surface area contributed by atoms with Gasteiger partial charge in [0.15, 0.2) is 0 Å². The van der Waals surface area contributed by atoms with E-state index in [0.29, 0.717) is 49.7 Å². The van der Waals surface area contributed by atoms with Crippen LogP contribution in [-0.4, -0.2) is 50.3 Å². The maximum atomic E-state index is 13.2. The van der Waals surface area contributed by atoms with Crippen LogP contribution in [0.3, 0.4) is 0 Å². The van der Waals surface area contributed by atoms with Gasteiger partial charge in [0, 0.05) is 18.8 Å². The van der Waals surface area contributed by atoms with Gasteiger partial charge in [-0.15, -0.1) is 0 Å². The first-order chi connectivity index (χ1) is 13.6. The number of rotatable bonds is 5. The molecule has 2 aromatic carbocycles. The summed E-state index contributed by atoms with van der Waals surface area (Å²) < 4.78 is 23.2. The fraction of sp³-hybridized carbons (Fsp3) is 0.333. The van der Waals surface area contributed by atoms with Crippen molar-refractivity contribution in [3.63, 3.8) is 0 Å². The smallest absolute Gasteiger partial charge is 0.337 e. The first kappa shape index (κ1) is 19.8. The van der Waals surface area contributed by atoms with Crippen molar-refractivity contribution >= 4 is 17.7 Å². The van der Waals surface area contributed by atoms with Crippen molar-refractivity contribution in [2.75, 3.05) is 38.3 Å². The topological polar surface area (TPSA) is 59.1 Å². The van der Waals surface area contributed by atoms with Crippen LogP contribution in [0.5, 0.6) is 0 Å². The highest BCUT2D eigenvalue weighted by atomic mass is 19.1. The predicted octanol–water partition coefficient (Wildman–Crippen LogP) is 3.40. The summed E-state index contributed by atoms with van der Waals surface area (Å²) in [5.74, 6) is -0.413. The van der Waals surface area contributed by atoms with Crippen LogP contribution in [0, 0.1) is 0 Å². The van der Waals surface area contributed by atoms with E-state index in [4.69, 9.17) is 9.47 Å². The van der Waals surface area contributed by atoms with E-state index in [0.717, 1.165) is 5.56 Å². The summed E-state index contributed by atoms with van der Waals surface area (Å²) >= 11 is 0. The Balaban J connectivity index is 1.86. The van der Waals surface area contributed by atoms with Crippen LogP contribution in [0.25, 0.3) is 0 Å². The average molecular weight is 386 g/mol. The molecule has 28 heavy (non-hydrogen) atoms. The van der Waals surface area contributed by atoms with Gasteiger partial charge in [0.05, 0.1) is 32.4 Å². The number of amides is 2. The van der Waals surface area contributed by atoms with E-state index in [1.807, 2.05) is 0 Å². The van der Waals surface area contributed by atoms with Crippen molar-refractivity contribution < 1.29 is 23.5 Å². The van der Waals surface area contributed by atoms with E-state index in [2.05, 4.69) is 0 Å². The highest BCUT2D eigenvalue weighted by Gasteiger charge is 2.24. The van der Waals surface area contributed by atoms with Gasteiger partial charge in [0.25, 0.3) is 0 Å². The average Bonchev–Trinajstić information content (AvgIpc) is 2.77. The van der Waals surface area contributed by atoms with E-state index in [-0.39, 0.29) is 6.03 Å². The summed E-state index contributed by atoms with van der Waals surface area (Å²) in [5.41, 5.74) is 2.43. The lowest BCUT2D eigenvalue weighted by atomic mass is 10.1. The monoisotopic (exact) mass is 386 g/mol. The maximum Gasteiger partial charge on any atom is 0.337 e. The minimum absolute atomic E-state index is 0.156. The lowest BCUT2D eigenvalue weighted by Crippen LogP contribution is -2.48. The van der Waals surface area contributed by atoms with Gasteiger partial charge in [0.2, 0.25) is 0 Å². The van der Waals surface area contributed by atoms with Crippen LogP contribution in [0.15, 0.2) is 48.5 Å². The summed E-state index contributed by atoms with van der Waals surface area (Å²) in [5, 5.41) is 0. The van der Waals surface area contributed by atoms with Gasteiger partial charge in [0.1, 0.15) is 6.67 Å². The number of hydrogen-bond donors (Lipinski definition) is 0. The van der Waals surface area contributed by atoms with E-state index in [1.54, 1.807) is 58.3 Å². The normalized spacial score (nSPS) is 13.9. The number of alkyl halides is 1. The van der Waals surface area contributed by atoms with Gasteiger partial charge in [-0.25, -0.2) is 14.0 Å². The third-order valence-corrected chi connectivity index (χ3v) is 4.60. The SMILES string of the molecule is COC(=O)c1ccc(CN(C(=O)N2CCOCC2)c2cccc(CF)c2)cc1. The highest BCUT2D eigenvalue weighted by molar-refractivity contribution is 5.92. The molecule has 3 rings (SSSR count). The van der Waals surface area contributed by atoms with E-state index in [9.17, 15) is 14.0 Å². The second kappa shape index (κ2) is 9.32. The van der Waals surface area contributed by atoms with Crippen LogP contribution in [0.2, 0.25) is 0 Å². The number of morpholine rings is 1. The van der Waals surface area contributed by atoms with Gasteiger partial charge in [-0.2, -0.15) is 0 Å². The quantitative estimate of drug-likeness (QED) is 0.739. The molecule has 1 aliphatic rings. The molecule has 0 aromatic heterocycles. The highest BCUT2D eigenvalue weighted by Crippen LogP contribution is 2.22. The largest absolute Gasteiger partial charge is 0.465 e. The number of urea groups is 1. The molecule has 0 aliphatic carbocycles. The standard InChI is InChI=1S/C21H23FN2O4/c1-27-20(25)18-7-5-16(6-8-18)15-24(19-4-2-3-17(13-19)14-22)21(26)23-9-11-28-12-10-23/h2-8,13H,9-12,14-15H2,1H3. The van der Waals surface area contributed by atoms with Gasteiger partial charge in [-0.05, 0) is 35.4 Å². The Kier molecular flexibility index (Phi) is 6.60. The fourth-order valence-electron chi connectivity index (χ4n) is 3.05. The second-order valence-corrected chi connectivity index (χ2v) is 6.46. The molecule has 1 saturated heterocycles. The fourth-order valence-corrected chi connectivity index (χ4v) is 3.05. The Morgan fingerprint density at radius 3 is 2.46 bits per heavy atom. The van der Waals surface area contributed by atoms with E-state index < -0.39 is 12.6 Å². The van der Waals surface area contributed by atoms with Gasteiger partial charge >= 0.3 is 12.0 Å². The summed E-state index contributed by atoms with van der Waals surface area (Å²) in [6.07, 6.45) is 0. The number of esters is 1. The molecular weight excluding hydrogens is 363 g/mol. The number of halogens is 1. The van der Waals surface area contributed by atoms with Crippen molar-refractivity contribution in [3.8, 4) is 0 Å². The molecule has 0 atom stereocenters. The molecule has 148 valence electrons. The minimum Gasteiger partial charge on any atom is -0.465 e. The second-order valence-electron chi connectivity index (χ2n) is 6.46. The number of carbonyl (C=O) groups excluding carboxylic acids is 2. The van der Waals surface area contributed by atoms with Gasteiger partial charge < -0.3 is 14.4 Å². The Bertz CT molecular complexity index is 819. The van der Waals surface area contributed by atoms with Crippen molar-refractivity contribution in [3.05, 3.63) is 65.2 Å². The Morgan fingerprint density at radius 1 is 1.11 bits per heavy atom. The third kappa shape index (κ3) is 4.67. The zero-order valence-electron chi connectivity index (χ0n) is 15.8. The lowest BCUT2D eigenvalue weighted by Gasteiger charge is -2.33. The number of methoxy groups -OCH3 is 1. The van der Waals surface area contributed by atoms with Crippen molar-refractivity contribution in [2.45, 2.75) is 13.2 Å². The molecule has 1 aliphatic heterocycles. The molecule has 1 fully saturated rings. The Labute approximate surface area is 163 Å². The molecule has 2 amide bonds. The molecular formula is C21H23FN2O4. The van der Waals surface area contributed by atoms with Crippen LogP contribution in [0.4, 0.5) is 14.9 Å². The number of benzene rings is 2. The third-order valence-electron chi connectivity index (χ3n) is 4.60. The number of nitrogens with zero attached hydrogens (tertiary/aromatic N) is 2. The van der Waals surface area contributed by atoms with Gasteiger partial charge in [-0.1, -0.05) is 24.3 Å². The molecule has 0 N–H and O–H groups in total. The maximum absolute atomic E-state index is 13.2. The van der Waals surface area contributed by atoms with Crippen molar-refractivity contribution in [1.82, 2.24) is 4.90 Å². The molecule has 0 unspecified atom stereocenters. The van der Waals surface area contributed by atoms with Crippen LogP contribution in [-0.2, 0) is 22.7 Å². The van der Waals surface area contributed by atoms with E-state index >= 15 is 0 Å². The number of ether oxygens (including phenoxy) is 2. The predicted molar refractivity (Wildman–Crippen MR) is 103 cm³/mol. The number of anilines is 1. The summed E-state index contributed by atoms with van der Waals surface area (Å²) in [4.78, 5) is 28.1. The molecule has 0 saturated carbocycles. The Hall–Kier alpha value is -2.93. The molecule has 1 heterocycles. The van der Waals surface area contributed by atoms with Crippen LogP contribution < -0.4 is 4.90 Å². The molecule has 0 spiro atoms. The van der Waals surface area contributed by atoms with Gasteiger partial charge in [-0.3, -0.25) is 4.90 Å². The molecule has 0 bridgehead atoms. The number of carbonyl (C=O) groups is 2. The summed E-state index contributed by atoms with van der Waals surface area (Å²) in [6, 6.07) is 13.6.